The highest BCUT2D eigenvalue weighted by atomic mass is 15.2. The molecule has 5 heteroatoms. The molecule has 0 radical (unpaired) electrons. The lowest BCUT2D eigenvalue weighted by molar-refractivity contribution is 0.671. The molecule has 0 aliphatic heterocycles. The maximum atomic E-state index is 4.69. The number of benzene rings is 1. The first kappa shape index (κ1) is 16.9. The Morgan fingerprint density at radius 1 is 0.920 bits per heavy atom. The predicted molar refractivity (Wildman–Crippen MR) is 101 cm³/mol. The average molecular weight is 333 g/mol. The molecule has 0 atom stereocenters. The van der Waals surface area contributed by atoms with E-state index < -0.39 is 0 Å². The molecule has 0 amide bonds. The van der Waals surface area contributed by atoms with E-state index in [1.54, 1.807) is 18.6 Å². The number of nitrogens with zero attached hydrogens (tertiary/aromatic N) is 4. The monoisotopic (exact) mass is 333 g/mol. The van der Waals surface area contributed by atoms with Crippen molar-refractivity contribution in [3.63, 3.8) is 0 Å². The number of pyridine rings is 1. The third-order valence-corrected chi connectivity index (χ3v) is 3.95. The van der Waals surface area contributed by atoms with Gasteiger partial charge in [0.25, 0.3) is 0 Å². The smallest absolute Gasteiger partial charge is 0.224 e. The maximum Gasteiger partial charge on any atom is 0.224 e. The van der Waals surface area contributed by atoms with E-state index in [0.29, 0.717) is 18.5 Å². The summed E-state index contributed by atoms with van der Waals surface area (Å²) in [6.07, 6.45) is 5.38. The molecular formula is C20H23N5. The molecule has 3 rings (SSSR count). The summed E-state index contributed by atoms with van der Waals surface area (Å²) in [4.78, 5) is 15.3. The Morgan fingerprint density at radius 2 is 1.68 bits per heavy atom. The van der Waals surface area contributed by atoms with E-state index in [1.165, 1.54) is 5.56 Å². The molecule has 0 bridgehead atoms. The highest BCUT2D eigenvalue weighted by Crippen LogP contribution is 2.19. The van der Waals surface area contributed by atoms with Crippen LogP contribution in [0.1, 0.15) is 25.0 Å². The molecule has 128 valence electrons. The lowest BCUT2D eigenvalue weighted by Crippen LogP contribution is -2.31. The Hall–Kier alpha value is -2.95. The van der Waals surface area contributed by atoms with Crippen molar-refractivity contribution in [1.29, 1.82) is 0 Å². The summed E-state index contributed by atoms with van der Waals surface area (Å²) < 4.78 is 0. The lowest BCUT2D eigenvalue weighted by atomic mass is 10.2. The molecule has 0 saturated heterocycles. The summed E-state index contributed by atoms with van der Waals surface area (Å²) in [7, 11) is 0. The zero-order valence-corrected chi connectivity index (χ0v) is 14.6. The molecule has 0 aliphatic carbocycles. The molecule has 2 aromatic heterocycles. The van der Waals surface area contributed by atoms with Crippen molar-refractivity contribution < 1.29 is 0 Å². The van der Waals surface area contributed by atoms with Gasteiger partial charge >= 0.3 is 0 Å². The van der Waals surface area contributed by atoms with Crippen molar-refractivity contribution in [3.05, 3.63) is 78.2 Å². The normalized spacial score (nSPS) is 10.7. The predicted octanol–water partition coefficient (Wildman–Crippen LogP) is 3.90. The van der Waals surface area contributed by atoms with E-state index in [0.717, 1.165) is 17.9 Å². The lowest BCUT2D eigenvalue weighted by Gasteiger charge is -2.28. The van der Waals surface area contributed by atoms with Gasteiger partial charge in [0.05, 0.1) is 0 Å². The van der Waals surface area contributed by atoms with Gasteiger partial charge in [-0.05, 0) is 43.2 Å². The average Bonchev–Trinajstić information content (AvgIpc) is 2.66. The van der Waals surface area contributed by atoms with Gasteiger partial charge in [0, 0.05) is 37.7 Å². The minimum absolute atomic E-state index is 0.336. The Bertz CT molecular complexity index is 774. The second kappa shape index (κ2) is 8.24. The Labute approximate surface area is 148 Å². The fraction of sp³-hybridized carbons (Fsp3) is 0.250. The quantitative estimate of drug-likeness (QED) is 0.711. The van der Waals surface area contributed by atoms with Crippen molar-refractivity contribution >= 4 is 11.8 Å². The van der Waals surface area contributed by atoms with Crippen molar-refractivity contribution in [1.82, 2.24) is 15.0 Å². The topological polar surface area (TPSA) is 53.9 Å². The Morgan fingerprint density at radius 3 is 2.40 bits per heavy atom. The molecule has 25 heavy (non-hydrogen) atoms. The molecular weight excluding hydrogens is 310 g/mol. The van der Waals surface area contributed by atoms with Crippen molar-refractivity contribution in [2.24, 2.45) is 0 Å². The zero-order chi connectivity index (χ0) is 17.5. The fourth-order valence-corrected chi connectivity index (χ4v) is 2.58. The number of anilines is 2. The minimum atomic E-state index is 0.336. The van der Waals surface area contributed by atoms with Crippen molar-refractivity contribution in [3.8, 4) is 0 Å². The summed E-state index contributed by atoms with van der Waals surface area (Å²) in [5.74, 6) is 1.55. The van der Waals surface area contributed by atoms with Crippen LogP contribution in [0.2, 0.25) is 0 Å². The summed E-state index contributed by atoms with van der Waals surface area (Å²) in [5, 5.41) is 3.28. The zero-order valence-electron chi connectivity index (χ0n) is 14.6. The number of aromatic nitrogens is 3. The first-order valence-electron chi connectivity index (χ1n) is 8.49. The van der Waals surface area contributed by atoms with Crippen LogP contribution in [-0.4, -0.2) is 21.0 Å². The van der Waals surface area contributed by atoms with Crippen LogP contribution in [-0.2, 0) is 13.1 Å². The van der Waals surface area contributed by atoms with Crippen LogP contribution in [0.3, 0.4) is 0 Å². The Kier molecular flexibility index (Phi) is 5.57. The molecule has 0 unspecified atom stereocenters. The maximum absolute atomic E-state index is 4.69. The van der Waals surface area contributed by atoms with E-state index >= 15 is 0 Å². The number of nitrogens with one attached hydrogen (secondary N) is 1. The van der Waals surface area contributed by atoms with Gasteiger partial charge in [-0.25, -0.2) is 4.98 Å². The number of hydrogen-bond donors (Lipinski definition) is 1. The van der Waals surface area contributed by atoms with Gasteiger partial charge in [0.1, 0.15) is 5.82 Å². The number of hydrogen-bond acceptors (Lipinski definition) is 5. The molecule has 5 nitrogen and oxygen atoms in total. The van der Waals surface area contributed by atoms with Crippen molar-refractivity contribution in [2.45, 2.75) is 33.0 Å². The largest absolute Gasteiger partial charge is 0.350 e. The second-order valence-corrected chi connectivity index (χ2v) is 6.15. The van der Waals surface area contributed by atoms with Gasteiger partial charge in [-0.3, -0.25) is 4.98 Å². The first-order chi connectivity index (χ1) is 12.2. The summed E-state index contributed by atoms with van der Waals surface area (Å²) >= 11 is 0. The van der Waals surface area contributed by atoms with Crippen LogP contribution in [0.15, 0.2) is 67.1 Å². The summed E-state index contributed by atoms with van der Waals surface area (Å²) in [6.45, 7) is 5.84. The van der Waals surface area contributed by atoms with Crippen LogP contribution >= 0.6 is 0 Å². The third-order valence-electron chi connectivity index (χ3n) is 3.95. The van der Waals surface area contributed by atoms with E-state index in [2.05, 4.69) is 58.3 Å². The van der Waals surface area contributed by atoms with Crippen LogP contribution in [0.4, 0.5) is 11.8 Å². The van der Waals surface area contributed by atoms with Gasteiger partial charge in [-0.15, -0.1) is 0 Å². The van der Waals surface area contributed by atoms with Gasteiger partial charge in [-0.2, -0.15) is 4.98 Å². The first-order valence-corrected chi connectivity index (χ1v) is 8.49. The van der Waals surface area contributed by atoms with Gasteiger partial charge < -0.3 is 10.2 Å². The van der Waals surface area contributed by atoms with E-state index in [4.69, 9.17) is 4.98 Å². The van der Waals surface area contributed by atoms with Crippen LogP contribution in [0.5, 0.6) is 0 Å². The van der Waals surface area contributed by atoms with E-state index in [9.17, 15) is 0 Å². The number of rotatable bonds is 7. The molecule has 1 N–H and O–H groups in total. The molecule has 2 heterocycles. The standard InChI is InChI=1S/C20H23N5/c1-16(2)25(15-18-6-4-3-5-7-18)19-10-13-22-20(24-19)23-14-17-8-11-21-12-9-17/h3-13,16H,14-15H2,1-2H3,(H,22,23,24). The van der Waals surface area contributed by atoms with Crippen LogP contribution in [0, 0.1) is 0 Å². The van der Waals surface area contributed by atoms with Crippen LogP contribution < -0.4 is 10.2 Å². The van der Waals surface area contributed by atoms with Gasteiger partial charge in [0.15, 0.2) is 0 Å². The highest BCUT2D eigenvalue weighted by Gasteiger charge is 2.13. The van der Waals surface area contributed by atoms with Gasteiger partial charge in [-0.1, -0.05) is 30.3 Å². The highest BCUT2D eigenvalue weighted by molar-refractivity contribution is 5.44. The molecule has 1 aromatic carbocycles. The molecule has 0 saturated carbocycles. The molecule has 0 fully saturated rings. The van der Waals surface area contributed by atoms with E-state index in [-0.39, 0.29) is 0 Å². The van der Waals surface area contributed by atoms with E-state index in [1.807, 2.05) is 24.3 Å². The van der Waals surface area contributed by atoms with Crippen molar-refractivity contribution in [2.75, 3.05) is 10.2 Å². The van der Waals surface area contributed by atoms with Gasteiger partial charge in [0.2, 0.25) is 5.95 Å². The molecule has 0 aliphatic rings. The second-order valence-electron chi connectivity index (χ2n) is 6.15. The molecule has 3 aromatic rings. The summed E-state index contributed by atoms with van der Waals surface area (Å²) in [5.41, 5.74) is 2.41. The molecule has 0 spiro atoms. The third kappa shape index (κ3) is 4.76. The SMILES string of the molecule is CC(C)N(Cc1ccccc1)c1ccnc(NCc2ccncc2)n1. The fourth-order valence-electron chi connectivity index (χ4n) is 2.58. The van der Waals surface area contributed by atoms with Crippen LogP contribution in [0.25, 0.3) is 0 Å². The Balaban J connectivity index is 1.73. The summed E-state index contributed by atoms with van der Waals surface area (Å²) in [6, 6.07) is 16.7. The minimum Gasteiger partial charge on any atom is -0.350 e.